The number of β-amino-alcohol motifs (C(OH)–C–C–N with tert-alkyl or cyclic N) is 1. The first-order chi connectivity index (χ1) is 9.36. The Morgan fingerprint density at radius 3 is 2.80 bits per heavy atom. The van der Waals surface area contributed by atoms with Crippen LogP contribution in [0.5, 0.6) is 0 Å². The molecule has 7 nitrogen and oxygen atoms in total. The van der Waals surface area contributed by atoms with Crippen molar-refractivity contribution in [2.45, 2.75) is 23.8 Å². The number of sulfonamides is 1. The molecule has 0 aliphatic carbocycles. The molecule has 0 radical (unpaired) electrons. The van der Waals surface area contributed by atoms with E-state index in [2.05, 4.69) is 5.32 Å². The van der Waals surface area contributed by atoms with Gasteiger partial charge in [0.15, 0.2) is 0 Å². The summed E-state index contributed by atoms with van der Waals surface area (Å²) in [6, 6.07) is 1.36. The van der Waals surface area contributed by atoms with Gasteiger partial charge in [-0.05, 0) is 18.9 Å². The lowest BCUT2D eigenvalue weighted by Crippen LogP contribution is -2.41. The van der Waals surface area contributed by atoms with Crippen molar-refractivity contribution in [2.24, 2.45) is 7.05 Å². The third-order valence-corrected chi connectivity index (χ3v) is 5.27. The van der Waals surface area contributed by atoms with E-state index in [0.29, 0.717) is 19.4 Å². The van der Waals surface area contributed by atoms with Crippen LogP contribution < -0.4 is 5.32 Å². The molecule has 112 valence electrons. The summed E-state index contributed by atoms with van der Waals surface area (Å²) in [5, 5.41) is 12.1. The van der Waals surface area contributed by atoms with Crippen molar-refractivity contribution >= 4 is 15.9 Å². The number of nitrogens with zero attached hydrogens (tertiary/aromatic N) is 2. The number of aliphatic hydroxyl groups excluding tert-OH is 1. The summed E-state index contributed by atoms with van der Waals surface area (Å²) in [7, 11) is -0.556. The molecule has 1 amide bonds. The molecule has 0 unspecified atom stereocenters. The second-order valence-corrected chi connectivity index (χ2v) is 6.85. The Morgan fingerprint density at radius 1 is 1.50 bits per heavy atom. The molecule has 1 aliphatic heterocycles. The highest BCUT2D eigenvalue weighted by Gasteiger charge is 2.31. The van der Waals surface area contributed by atoms with Crippen LogP contribution in [-0.4, -0.2) is 54.5 Å². The lowest BCUT2D eigenvalue weighted by atomic mass is 10.1. The van der Waals surface area contributed by atoms with Crippen molar-refractivity contribution in [1.29, 1.82) is 0 Å². The van der Waals surface area contributed by atoms with Gasteiger partial charge < -0.3 is 15.0 Å². The summed E-state index contributed by atoms with van der Waals surface area (Å²) in [4.78, 5) is 11.7. The number of carbonyl (C=O) groups excluding carboxylic acids is 1. The number of aromatic nitrogens is 1. The zero-order valence-corrected chi connectivity index (χ0v) is 12.4. The van der Waals surface area contributed by atoms with Crippen LogP contribution in [0.25, 0.3) is 0 Å². The molecule has 0 bridgehead atoms. The molecule has 1 aliphatic rings. The third kappa shape index (κ3) is 2.72. The van der Waals surface area contributed by atoms with Gasteiger partial charge in [-0.2, -0.15) is 4.31 Å². The molecular weight excluding hydrogens is 282 g/mol. The average molecular weight is 301 g/mol. The molecule has 0 spiro atoms. The predicted molar refractivity (Wildman–Crippen MR) is 72.8 cm³/mol. The number of hydrogen-bond donors (Lipinski definition) is 2. The van der Waals surface area contributed by atoms with E-state index < -0.39 is 16.1 Å². The van der Waals surface area contributed by atoms with Crippen LogP contribution in [0.3, 0.4) is 0 Å². The standard InChI is InChI=1S/C12H19N3O4S/c1-13-12(17)11-6-10(8-14(11)2)20(18,19)15-5-3-4-9(16)7-15/h6,8-9,16H,3-5,7H2,1-2H3,(H,13,17)/t9-/m0/s1. The second-order valence-electron chi connectivity index (χ2n) is 4.91. The molecule has 8 heteroatoms. The van der Waals surface area contributed by atoms with Crippen LogP contribution in [0.15, 0.2) is 17.2 Å². The summed E-state index contributed by atoms with van der Waals surface area (Å²) in [6.45, 7) is 0.496. The molecule has 1 atom stereocenters. The SMILES string of the molecule is CNC(=O)c1cc(S(=O)(=O)N2CCC[C@H](O)C2)cn1C. The molecule has 1 aromatic heterocycles. The molecule has 0 aromatic carbocycles. The van der Waals surface area contributed by atoms with Crippen LogP contribution in [0.1, 0.15) is 23.3 Å². The molecule has 1 saturated heterocycles. The first-order valence-corrected chi connectivity index (χ1v) is 7.87. The van der Waals surface area contributed by atoms with Crippen LogP contribution in [-0.2, 0) is 17.1 Å². The van der Waals surface area contributed by atoms with E-state index in [4.69, 9.17) is 0 Å². The fourth-order valence-corrected chi connectivity index (χ4v) is 3.91. The Bertz CT molecular complexity index is 608. The highest BCUT2D eigenvalue weighted by Crippen LogP contribution is 2.22. The Labute approximate surface area is 118 Å². The van der Waals surface area contributed by atoms with Crippen LogP contribution in [0, 0.1) is 0 Å². The van der Waals surface area contributed by atoms with Gasteiger partial charge in [0.2, 0.25) is 10.0 Å². The number of carbonyl (C=O) groups is 1. The maximum Gasteiger partial charge on any atom is 0.267 e. The largest absolute Gasteiger partial charge is 0.392 e. The van der Waals surface area contributed by atoms with E-state index in [1.807, 2.05) is 0 Å². The summed E-state index contributed by atoms with van der Waals surface area (Å²) < 4.78 is 27.7. The fourth-order valence-electron chi connectivity index (χ4n) is 2.32. The first kappa shape index (κ1) is 15.0. The summed E-state index contributed by atoms with van der Waals surface area (Å²) in [5.41, 5.74) is 0.281. The van der Waals surface area contributed by atoms with Gasteiger partial charge in [0.1, 0.15) is 10.6 Å². The molecule has 2 rings (SSSR count). The van der Waals surface area contributed by atoms with Crippen molar-refractivity contribution in [3.63, 3.8) is 0 Å². The van der Waals surface area contributed by atoms with E-state index in [9.17, 15) is 18.3 Å². The smallest absolute Gasteiger partial charge is 0.267 e. The topological polar surface area (TPSA) is 91.6 Å². The molecular formula is C12H19N3O4S. The average Bonchev–Trinajstić information content (AvgIpc) is 2.80. The van der Waals surface area contributed by atoms with E-state index in [1.54, 1.807) is 7.05 Å². The first-order valence-electron chi connectivity index (χ1n) is 6.43. The van der Waals surface area contributed by atoms with Crippen LogP contribution >= 0.6 is 0 Å². The Kier molecular flexibility index (Phi) is 4.17. The molecule has 20 heavy (non-hydrogen) atoms. The van der Waals surface area contributed by atoms with Gasteiger partial charge in [0, 0.05) is 33.4 Å². The maximum absolute atomic E-state index is 12.5. The molecule has 1 fully saturated rings. The number of rotatable bonds is 3. The summed E-state index contributed by atoms with van der Waals surface area (Å²) in [5.74, 6) is -0.340. The van der Waals surface area contributed by atoms with E-state index in [0.717, 1.165) is 0 Å². The van der Waals surface area contributed by atoms with Gasteiger partial charge in [-0.3, -0.25) is 4.79 Å². The van der Waals surface area contributed by atoms with Crippen molar-refractivity contribution in [2.75, 3.05) is 20.1 Å². The minimum Gasteiger partial charge on any atom is -0.392 e. The lowest BCUT2D eigenvalue weighted by Gasteiger charge is -2.28. The van der Waals surface area contributed by atoms with Gasteiger partial charge >= 0.3 is 0 Å². The Morgan fingerprint density at radius 2 is 2.20 bits per heavy atom. The van der Waals surface area contributed by atoms with E-state index in [-0.39, 0.29) is 23.0 Å². The quantitative estimate of drug-likeness (QED) is 0.789. The molecule has 1 aromatic rings. The van der Waals surface area contributed by atoms with Gasteiger partial charge in [-0.1, -0.05) is 0 Å². The predicted octanol–water partition coefficient (Wildman–Crippen LogP) is -0.470. The summed E-state index contributed by atoms with van der Waals surface area (Å²) >= 11 is 0. The van der Waals surface area contributed by atoms with E-state index >= 15 is 0 Å². The van der Waals surface area contributed by atoms with Gasteiger partial charge in [-0.15, -0.1) is 0 Å². The van der Waals surface area contributed by atoms with Crippen LogP contribution in [0.2, 0.25) is 0 Å². The maximum atomic E-state index is 12.5. The fraction of sp³-hybridized carbons (Fsp3) is 0.583. The number of piperidine rings is 1. The minimum atomic E-state index is -3.67. The van der Waals surface area contributed by atoms with Crippen LogP contribution in [0.4, 0.5) is 0 Å². The molecule has 2 N–H and O–H groups in total. The van der Waals surface area contributed by atoms with E-state index in [1.165, 1.54) is 28.2 Å². The molecule has 2 heterocycles. The Balaban J connectivity index is 2.32. The zero-order valence-electron chi connectivity index (χ0n) is 11.5. The number of amides is 1. The highest BCUT2D eigenvalue weighted by atomic mass is 32.2. The number of aliphatic hydroxyl groups is 1. The second kappa shape index (κ2) is 5.55. The monoisotopic (exact) mass is 301 g/mol. The third-order valence-electron chi connectivity index (χ3n) is 3.44. The van der Waals surface area contributed by atoms with Crippen molar-refractivity contribution in [1.82, 2.24) is 14.2 Å². The van der Waals surface area contributed by atoms with Gasteiger partial charge in [-0.25, -0.2) is 8.42 Å². The van der Waals surface area contributed by atoms with Crippen molar-refractivity contribution < 1.29 is 18.3 Å². The molecule has 0 saturated carbocycles. The van der Waals surface area contributed by atoms with Crippen molar-refractivity contribution in [3.8, 4) is 0 Å². The minimum absolute atomic E-state index is 0.0766. The normalized spacial score (nSPS) is 20.9. The highest BCUT2D eigenvalue weighted by molar-refractivity contribution is 7.89. The van der Waals surface area contributed by atoms with Gasteiger partial charge in [0.05, 0.1) is 6.10 Å². The van der Waals surface area contributed by atoms with Crippen molar-refractivity contribution in [3.05, 3.63) is 18.0 Å². The number of nitrogens with one attached hydrogen (secondary N) is 1. The zero-order chi connectivity index (χ0) is 14.9. The number of aryl methyl sites for hydroxylation is 1. The Hall–Kier alpha value is -1.38. The lowest BCUT2D eigenvalue weighted by molar-refractivity contribution is 0.0955. The summed E-state index contributed by atoms with van der Waals surface area (Å²) in [6.07, 6.45) is 2.04. The number of hydrogen-bond acceptors (Lipinski definition) is 4. The van der Waals surface area contributed by atoms with Gasteiger partial charge in [0.25, 0.3) is 5.91 Å².